The SMILES string of the molecule is [2H]c1c([2H])c([2H])c(C2(c3c([2H])c([2H])c([2H])c([2H])c3[2H])O[C@@H]2C(=O)OC)c([2H])c1[2H]. The maximum Gasteiger partial charge on any atom is 0.338 e. The maximum atomic E-state index is 12.2. The first-order chi connectivity index (χ1) is 13.4. The normalized spacial score (nSPS) is 27.1. The van der Waals surface area contributed by atoms with Crippen molar-refractivity contribution in [2.45, 2.75) is 11.7 Å². The van der Waals surface area contributed by atoms with E-state index in [1.165, 1.54) is 0 Å². The van der Waals surface area contributed by atoms with Gasteiger partial charge in [0.1, 0.15) is 0 Å². The Morgan fingerprint density at radius 3 is 2.00 bits per heavy atom. The lowest BCUT2D eigenvalue weighted by molar-refractivity contribution is -0.142. The summed E-state index contributed by atoms with van der Waals surface area (Å²) in [6.45, 7) is 0. The molecular formula is C16H14O3. The quantitative estimate of drug-likeness (QED) is 0.631. The summed E-state index contributed by atoms with van der Waals surface area (Å²) in [6, 6.07) is -7.09. The Labute approximate surface area is 125 Å². The Bertz CT molecular complexity index is 940. The first kappa shape index (κ1) is 5.10. The Hall–Kier alpha value is -2.13. The van der Waals surface area contributed by atoms with Gasteiger partial charge in [0, 0.05) is 0 Å². The molecule has 0 N–H and O–H groups in total. The zero-order valence-corrected chi connectivity index (χ0v) is 9.80. The van der Waals surface area contributed by atoms with Crippen LogP contribution in [0.3, 0.4) is 0 Å². The van der Waals surface area contributed by atoms with Crippen molar-refractivity contribution < 1.29 is 28.0 Å². The number of carbonyl (C=O) groups excluding carboxylic acids is 1. The minimum absolute atomic E-state index is 0.502. The number of methoxy groups -OCH3 is 1. The Balaban J connectivity index is 2.48. The molecule has 0 aromatic heterocycles. The molecule has 3 nitrogen and oxygen atoms in total. The monoisotopic (exact) mass is 264 g/mol. The number of rotatable bonds is 3. The number of benzene rings is 2. The summed E-state index contributed by atoms with van der Waals surface area (Å²) in [4.78, 5) is 12.2. The fourth-order valence-corrected chi connectivity index (χ4v) is 1.85. The van der Waals surface area contributed by atoms with Gasteiger partial charge in [0.15, 0.2) is 11.7 Å². The molecule has 2 aromatic carbocycles. The second kappa shape index (κ2) is 4.52. The molecule has 0 spiro atoms. The van der Waals surface area contributed by atoms with E-state index in [4.69, 9.17) is 18.4 Å². The van der Waals surface area contributed by atoms with Gasteiger partial charge in [-0.05, 0) is 11.1 Å². The second-order valence-corrected chi connectivity index (χ2v) is 3.76. The number of hydrogen-bond donors (Lipinski definition) is 0. The topological polar surface area (TPSA) is 38.8 Å². The number of hydrogen-bond acceptors (Lipinski definition) is 3. The van der Waals surface area contributed by atoms with Gasteiger partial charge in [-0.15, -0.1) is 0 Å². The molecule has 1 aliphatic rings. The molecule has 1 atom stereocenters. The van der Waals surface area contributed by atoms with E-state index in [2.05, 4.69) is 4.74 Å². The van der Waals surface area contributed by atoms with Gasteiger partial charge >= 0.3 is 5.97 Å². The molecule has 0 amide bonds. The minimum Gasteiger partial charge on any atom is -0.467 e. The van der Waals surface area contributed by atoms with Crippen molar-refractivity contribution in [1.82, 2.24) is 0 Å². The van der Waals surface area contributed by atoms with Crippen molar-refractivity contribution in [2.75, 3.05) is 7.11 Å². The Morgan fingerprint density at radius 1 is 1.11 bits per heavy atom. The molecule has 96 valence electrons. The fourth-order valence-electron chi connectivity index (χ4n) is 1.85. The van der Waals surface area contributed by atoms with Crippen molar-refractivity contribution in [1.29, 1.82) is 0 Å². The predicted molar refractivity (Wildman–Crippen MR) is 70.6 cm³/mol. The highest BCUT2D eigenvalue weighted by Crippen LogP contribution is 2.51. The van der Waals surface area contributed by atoms with E-state index in [0.29, 0.717) is 0 Å². The third-order valence-electron chi connectivity index (χ3n) is 2.77. The highest BCUT2D eigenvalue weighted by Gasteiger charge is 2.63. The molecule has 0 saturated carbocycles. The molecule has 0 unspecified atom stereocenters. The lowest BCUT2D eigenvalue weighted by atomic mass is 9.88. The zero-order valence-electron chi connectivity index (χ0n) is 19.8. The van der Waals surface area contributed by atoms with Crippen molar-refractivity contribution in [3.63, 3.8) is 0 Å². The molecule has 0 bridgehead atoms. The molecule has 0 aliphatic carbocycles. The highest BCUT2D eigenvalue weighted by atomic mass is 16.7. The van der Waals surface area contributed by atoms with Gasteiger partial charge in [0.25, 0.3) is 0 Å². The van der Waals surface area contributed by atoms with E-state index in [-0.39, 0.29) is 0 Å². The summed E-state index contributed by atoms with van der Waals surface area (Å²) in [5.41, 5.74) is -3.19. The number of carbonyl (C=O) groups is 1. The third kappa shape index (κ3) is 1.83. The third-order valence-corrected chi connectivity index (χ3v) is 2.77. The average molecular weight is 264 g/mol. The standard InChI is InChI=1S/C16H14O3/c1-18-15(17)14-16(19-14,12-8-4-2-5-9-12)13-10-6-3-7-11-13/h2-11,14H,1H3/t14-/m1/s1/i2D,3D,4D,5D,6D,7D,8D,9D,10D,11D. The van der Waals surface area contributed by atoms with Crippen LogP contribution in [-0.4, -0.2) is 19.2 Å². The first-order valence-corrected chi connectivity index (χ1v) is 5.33. The summed E-state index contributed by atoms with van der Waals surface area (Å²) in [6.07, 6.45) is -1.56. The van der Waals surface area contributed by atoms with Crippen LogP contribution in [0.15, 0.2) is 60.4 Å². The predicted octanol–water partition coefficient (Wildman–Crippen LogP) is 2.50. The van der Waals surface area contributed by atoms with Crippen LogP contribution in [0.5, 0.6) is 0 Å². The summed E-state index contributed by atoms with van der Waals surface area (Å²) in [5, 5.41) is 0. The molecule has 1 aliphatic heterocycles. The summed E-state index contributed by atoms with van der Waals surface area (Å²) >= 11 is 0. The molecule has 1 saturated heterocycles. The van der Waals surface area contributed by atoms with Gasteiger partial charge in [-0.1, -0.05) is 60.4 Å². The minimum atomic E-state index is -2.19. The van der Waals surface area contributed by atoms with Gasteiger partial charge in [0.2, 0.25) is 0 Å². The van der Waals surface area contributed by atoms with E-state index >= 15 is 0 Å². The van der Waals surface area contributed by atoms with E-state index in [9.17, 15) is 4.79 Å². The lowest BCUT2D eigenvalue weighted by Gasteiger charge is -2.13. The molecular weight excluding hydrogens is 240 g/mol. The number of esters is 1. The largest absolute Gasteiger partial charge is 0.467 e. The molecule has 2 aromatic rings. The Kier molecular flexibility index (Phi) is 1.21. The molecule has 1 fully saturated rings. The van der Waals surface area contributed by atoms with Gasteiger partial charge in [-0.2, -0.15) is 0 Å². The summed E-state index contributed by atoms with van der Waals surface area (Å²) in [5.74, 6) is -0.983. The second-order valence-electron chi connectivity index (χ2n) is 3.76. The van der Waals surface area contributed by atoms with Crippen molar-refractivity contribution in [3.8, 4) is 0 Å². The van der Waals surface area contributed by atoms with Crippen LogP contribution in [0.2, 0.25) is 0 Å². The smallest absolute Gasteiger partial charge is 0.338 e. The van der Waals surface area contributed by atoms with Crippen molar-refractivity contribution in [3.05, 3.63) is 71.6 Å². The fraction of sp³-hybridized carbons (Fsp3) is 0.188. The number of ether oxygens (including phenoxy) is 2. The molecule has 19 heavy (non-hydrogen) atoms. The van der Waals surface area contributed by atoms with Gasteiger partial charge < -0.3 is 9.47 Å². The van der Waals surface area contributed by atoms with Gasteiger partial charge in [-0.25, -0.2) is 4.79 Å². The van der Waals surface area contributed by atoms with E-state index in [1.54, 1.807) is 0 Å². The Morgan fingerprint density at radius 2 is 1.58 bits per heavy atom. The average Bonchev–Trinajstić information content (AvgIpc) is 3.43. The highest BCUT2D eigenvalue weighted by molar-refractivity contribution is 5.81. The van der Waals surface area contributed by atoms with Crippen LogP contribution in [0.1, 0.15) is 24.8 Å². The van der Waals surface area contributed by atoms with Gasteiger partial charge in [-0.3, -0.25) is 0 Å². The van der Waals surface area contributed by atoms with Crippen molar-refractivity contribution in [2.24, 2.45) is 0 Å². The maximum absolute atomic E-state index is 12.2. The summed E-state index contributed by atoms with van der Waals surface area (Å²) < 4.78 is 89.8. The van der Waals surface area contributed by atoms with E-state index < -0.39 is 89.2 Å². The molecule has 1 heterocycles. The van der Waals surface area contributed by atoms with Crippen LogP contribution in [0, 0.1) is 0 Å². The van der Waals surface area contributed by atoms with Gasteiger partial charge in [0.05, 0.1) is 20.8 Å². The van der Waals surface area contributed by atoms with E-state index in [1.807, 2.05) is 0 Å². The van der Waals surface area contributed by atoms with Crippen LogP contribution < -0.4 is 0 Å². The number of epoxide rings is 1. The first-order valence-electron chi connectivity index (χ1n) is 10.3. The molecule has 0 radical (unpaired) electrons. The summed E-state index contributed by atoms with van der Waals surface area (Å²) in [7, 11) is 1.04. The van der Waals surface area contributed by atoms with E-state index in [0.717, 1.165) is 7.11 Å². The molecule has 3 rings (SSSR count). The van der Waals surface area contributed by atoms with Crippen LogP contribution >= 0.6 is 0 Å². The lowest BCUT2D eigenvalue weighted by Crippen LogP contribution is -2.21. The molecule has 3 heteroatoms. The van der Waals surface area contributed by atoms with Crippen molar-refractivity contribution >= 4 is 5.97 Å². The zero-order chi connectivity index (χ0) is 22.0. The van der Waals surface area contributed by atoms with Crippen LogP contribution in [0.4, 0.5) is 0 Å². The van der Waals surface area contributed by atoms with Crippen LogP contribution in [-0.2, 0) is 19.9 Å². The van der Waals surface area contributed by atoms with Crippen LogP contribution in [0.25, 0.3) is 0 Å².